The van der Waals surface area contributed by atoms with Crippen LogP contribution in [0.15, 0.2) is 18.2 Å². The molecule has 1 saturated carbocycles. The summed E-state index contributed by atoms with van der Waals surface area (Å²) >= 11 is 0. The molecule has 3 N–H and O–H groups in total. The number of anilines is 1. The van der Waals surface area contributed by atoms with E-state index in [1.807, 2.05) is 13.0 Å². The maximum atomic E-state index is 12.0. The van der Waals surface area contributed by atoms with E-state index in [9.17, 15) is 20.0 Å². The summed E-state index contributed by atoms with van der Waals surface area (Å²) in [4.78, 5) is 22.7. The number of carbonyl (C=O) groups excluding carboxylic acids is 1. The Kier molecular flexibility index (Phi) is 6.54. The van der Waals surface area contributed by atoms with Gasteiger partial charge in [0, 0.05) is 25.1 Å². The second kappa shape index (κ2) is 8.63. The van der Waals surface area contributed by atoms with Crippen LogP contribution in [0.4, 0.5) is 11.4 Å². The van der Waals surface area contributed by atoms with Crippen molar-refractivity contribution < 1.29 is 14.8 Å². The molecular weight excluding hydrogens is 310 g/mol. The highest BCUT2D eigenvalue weighted by Crippen LogP contribution is 2.25. The van der Waals surface area contributed by atoms with Crippen molar-refractivity contribution in [2.24, 2.45) is 5.92 Å². The molecule has 0 saturated heterocycles. The van der Waals surface area contributed by atoms with Crippen molar-refractivity contribution in [1.29, 1.82) is 0 Å². The van der Waals surface area contributed by atoms with Gasteiger partial charge in [0.2, 0.25) is 5.91 Å². The Labute approximate surface area is 141 Å². The summed E-state index contributed by atoms with van der Waals surface area (Å²) in [6.45, 7) is 2.90. The molecule has 0 aliphatic heterocycles. The highest BCUT2D eigenvalue weighted by molar-refractivity contribution is 5.78. The van der Waals surface area contributed by atoms with Crippen molar-refractivity contribution >= 4 is 17.3 Å². The first-order chi connectivity index (χ1) is 11.5. The van der Waals surface area contributed by atoms with Crippen LogP contribution in [0, 0.1) is 23.0 Å². The number of aryl methyl sites for hydroxylation is 1. The van der Waals surface area contributed by atoms with Crippen molar-refractivity contribution in [3.63, 3.8) is 0 Å². The molecule has 0 unspecified atom stereocenters. The van der Waals surface area contributed by atoms with Crippen LogP contribution >= 0.6 is 0 Å². The molecule has 1 fully saturated rings. The zero-order chi connectivity index (χ0) is 17.5. The van der Waals surface area contributed by atoms with Gasteiger partial charge in [-0.3, -0.25) is 14.9 Å². The van der Waals surface area contributed by atoms with E-state index in [0.29, 0.717) is 38.0 Å². The van der Waals surface area contributed by atoms with Crippen LogP contribution in [0.3, 0.4) is 0 Å². The number of benzene rings is 1. The van der Waals surface area contributed by atoms with E-state index in [-0.39, 0.29) is 23.6 Å². The minimum absolute atomic E-state index is 0.000421. The molecule has 0 spiro atoms. The van der Waals surface area contributed by atoms with Gasteiger partial charge < -0.3 is 15.7 Å². The van der Waals surface area contributed by atoms with Crippen LogP contribution in [0.25, 0.3) is 0 Å². The monoisotopic (exact) mass is 335 g/mol. The normalized spacial score (nSPS) is 20.4. The lowest BCUT2D eigenvalue weighted by atomic mass is 9.87. The number of aliphatic hydroxyl groups is 1. The fourth-order valence-corrected chi connectivity index (χ4v) is 2.95. The number of nitrogens with one attached hydrogen (secondary N) is 2. The van der Waals surface area contributed by atoms with E-state index in [0.717, 1.165) is 18.4 Å². The molecule has 7 nitrogen and oxygen atoms in total. The van der Waals surface area contributed by atoms with Gasteiger partial charge in [0.15, 0.2) is 0 Å². The molecular formula is C17H25N3O4. The van der Waals surface area contributed by atoms with Crippen LogP contribution in [-0.2, 0) is 4.79 Å². The molecule has 132 valence electrons. The number of nitro benzene ring substituents is 1. The summed E-state index contributed by atoms with van der Waals surface area (Å²) in [5.74, 6) is 0.0442. The Bertz CT molecular complexity index is 583. The second-order valence-electron chi connectivity index (χ2n) is 6.35. The Hall–Kier alpha value is -2.15. The fourth-order valence-electron chi connectivity index (χ4n) is 2.95. The second-order valence-corrected chi connectivity index (χ2v) is 6.35. The molecule has 0 heterocycles. The zero-order valence-electron chi connectivity index (χ0n) is 14.0. The summed E-state index contributed by atoms with van der Waals surface area (Å²) < 4.78 is 0. The molecule has 0 bridgehead atoms. The number of nitro groups is 1. The van der Waals surface area contributed by atoms with E-state index in [4.69, 9.17) is 0 Å². The van der Waals surface area contributed by atoms with E-state index in [1.54, 1.807) is 12.1 Å². The lowest BCUT2D eigenvalue weighted by Gasteiger charge is -2.24. The maximum absolute atomic E-state index is 12.0. The minimum atomic E-state index is -0.394. The van der Waals surface area contributed by atoms with Gasteiger partial charge in [-0.25, -0.2) is 0 Å². The van der Waals surface area contributed by atoms with Gasteiger partial charge in [-0.15, -0.1) is 0 Å². The predicted molar refractivity (Wildman–Crippen MR) is 91.9 cm³/mol. The average molecular weight is 335 g/mol. The Morgan fingerprint density at radius 1 is 1.29 bits per heavy atom. The van der Waals surface area contributed by atoms with Gasteiger partial charge >= 0.3 is 0 Å². The molecule has 24 heavy (non-hydrogen) atoms. The molecule has 7 heteroatoms. The van der Waals surface area contributed by atoms with Crippen molar-refractivity contribution in [3.8, 4) is 0 Å². The van der Waals surface area contributed by atoms with Crippen molar-refractivity contribution in [2.45, 2.75) is 45.1 Å². The molecule has 2 rings (SSSR count). The average Bonchev–Trinajstić information content (AvgIpc) is 2.56. The van der Waals surface area contributed by atoms with E-state index in [1.165, 1.54) is 0 Å². The Morgan fingerprint density at radius 2 is 2.00 bits per heavy atom. The zero-order valence-corrected chi connectivity index (χ0v) is 14.0. The lowest BCUT2D eigenvalue weighted by Crippen LogP contribution is -2.35. The predicted octanol–water partition coefficient (Wildman–Crippen LogP) is 2.37. The number of hydrogen-bond donors (Lipinski definition) is 3. The minimum Gasteiger partial charge on any atom is -0.393 e. The first-order valence-electron chi connectivity index (χ1n) is 8.42. The van der Waals surface area contributed by atoms with Crippen LogP contribution in [0.2, 0.25) is 0 Å². The molecule has 0 radical (unpaired) electrons. The number of hydrogen-bond acceptors (Lipinski definition) is 5. The van der Waals surface area contributed by atoms with Crippen LogP contribution in [0.5, 0.6) is 0 Å². The number of rotatable bonds is 7. The highest BCUT2D eigenvalue weighted by Gasteiger charge is 2.24. The first kappa shape index (κ1) is 18.2. The lowest BCUT2D eigenvalue weighted by molar-refractivity contribution is -0.384. The SMILES string of the molecule is Cc1ccc(NCCCNC(=O)C2CCC(O)CC2)c([N+](=O)[O-])c1. The Balaban J connectivity index is 1.70. The van der Waals surface area contributed by atoms with Gasteiger partial charge in [0.1, 0.15) is 5.69 Å². The van der Waals surface area contributed by atoms with E-state index in [2.05, 4.69) is 10.6 Å². The molecule has 0 atom stereocenters. The third-order valence-electron chi connectivity index (χ3n) is 4.39. The fraction of sp³-hybridized carbons (Fsp3) is 0.588. The largest absolute Gasteiger partial charge is 0.393 e. The summed E-state index contributed by atoms with van der Waals surface area (Å²) in [6.07, 6.45) is 3.28. The van der Waals surface area contributed by atoms with Crippen molar-refractivity contribution in [3.05, 3.63) is 33.9 Å². The smallest absolute Gasteiger partial charge is 0.292 e. The quantitative estimate of drug-likeness (QED) is 0.403. The number of amides is 1. The first-order valence-corrected chi connectivity index (χ1v) is 8.42. The highest BCUT2D eigenvalue weighted by atomic mass is 16.6. The maximum Gasteiger partial charge on any atom is 0.292 e. The van der Waals surface area contributed by atoms with Gasteiger partial charge in [-0.1, -0.05) is 6.07 Å². The number of carbonyl (C=O) groups is 1. The van der Waals surface area contributed by atoms with Crippen LogP contribution in [-0.4, -0.2) is 35.1 Å². The molecule has 1 aromatic carbocycles. The van der Waals surface area contributed by atoms with Gasteiger partial charge in [-0.2, -0.15) is 0 Å². The Morgan fingerprint density at radius 3 is 2.67 bits per heavy atom. The van der Waals surface area contributed by atoms with E-state index >= 15 is 0 Å². The third-order valence-corrected chi connectivity index (χ3v) is 4.39. The molecule has 0 aromatic heterocycles. The molecule has 1 aromatic rings. The van der Waals surface area contributed by atoms with Crippen molar-refractivity contribution in [2.75, 3.05) is 18.4 Å². The third kappa shape index (κ3) is 5.19. The number of aliphatic hydroxyl groups excluding tert-OH is 1. The van der Waals surface area contributed by atoms with E-state index < -0.39 is 4.92 Å². The summed E-state index contributed by atoms with van der Waals surface area (Å²) in [5.41, 5.74) is 1.41. The number of nitrogens with zero attached hydrogens (tertiary/aromatic N) is 1. The summed E-state index contributed by atoms with van der Waals surface area (Å²) in [5, 5.41) is 26.5. The van der Waals surface area contributed by atoms with Crippen LogP contribution in [0.1, 0.15) is 37.7 Å². The molecule has 1 aliphatic carbocycles. The molecule has 1 amide bonds. The van der Waals surface area contributed by atoms with Gasteiger partial charge in [0.25, 0.3) is 5.69 Å². The van der Waals surface area contributed by atoms with Gasteiger partial charge in [0.05, 0.1) is 11.0 Å². The van der Waals surface area contributed by atoms with Crippen LogP contribution < -0.4 is 10.6 Å². The van der Waals surface area contributed by atoms with Gasteiger partial charge in [-0.05, 0) is 50.7 Å². The van der Waals surface area contributed by atoms with Crippen molar-refractivity contribution in [1.82, 2.24) is 5.32 Å². The standard InChI is InChI=1S/C17H25N3O4/c1-12-3-8-15(16(11-12)20(23)24)18-9-2-10-19-17(22)13-4-6-14(21)7-5-13/h3,8,11,13-14,18,21H,2,4-7,9-10H2,1H3,(H,19,22). The topological polar surface area (TPSA) is 104 Å². The summed E-state index contributed by atoms with van der Waals surface area (Å²) in [6, 6.07) is 5.08. The summed E-state index contributed by atoms with van der Waals surface area (Å²) in [7, 11) is 0. The molecule has 1 aliphatic rings.